The average Bonchev–Trinajstić information content (AvgIpc) is 3.22. The van der Waals surface area contributed by atoms with Crippen molar-refractivity contribution in [3.05, 3.63) is 23.4 Å². The molecule has 1 aromatic rings. The molecular formula is C13H17ClN2O2S. The van der Waals surface area contributed by atoms with Crippen LogP contribution in [0.2, 0.25) is 5.02 Å². The van der Waals surface area contributed by atoms with E-state index in [0.717, 1.165) is 17.9 Å². The normalized spacial score (nSPS) is 17.8. The number of carbonyl (C=O) groups is 1. The van der Waals surface area contributed by atoms with Crippen LogP contribution in [0.4, 0.5) is 0 Å². The number of hydrogen-bond acceptors (Lipinski definition) is 5. The molecule has 19 heavy (non-hydrogen) atoms. The van der Waals surface area contributed by atoms with Gasteiger partial charge in [0, 0.05) is 11.9 Å². The highest BCUT2D eigenvalue weighted by Crippen LogP contribution is 2.41. The second kappa shape index (κ2) is 6.11. The molecular weight excluding hydrogens is 284 g/mol. The van der Waals surface area contributed by atoms with Crippen molar-refractivity contribution < 1.29 is 9.53 Å². The largest absolute Gasteiger partial charge is 0.465 e. The summed E-state index contributed by atoms with van der Waals surface area (Å²) in [5, 5.41) is 1.40. The number of esters is 1. The molecule has 1 heterocycles. The second-order valence-corrected chi connectivity index (χ2v) is 6.07. The van der Waals surface area contributed by atoms with Crippen molar-refractivity contribution >= 4 is 29.3 Å². The number of nitrogens with two attached hydrogens (primary N) is 1. The predicted octanol–water partition coefficient (Wildman–Crippen LogP) is 2.50. The van der Waals surface area contributed by atoms with Gasteiger partial charge in [-0.15, -0.1) is 11.8 Å². The topological polar surface area (TPSA) is 65.2 Å². The number of aromatic nitrogens is 1. The molecule has 2 N–H and O–H groups in total. The summed E-state index contributed by atoms with van der Waals surface area (Å²) in [6, 6.07) is 3.60. The number of carbonyl (C=O) groups excluding carboxylic acids is 1. The molecule has 1 atom stereocenters. The van der Waals surface area contributed by atoms with E-state index >= 15 is 0 Å². The van der Waals surface area contributed by atoms with Crippen molar-refractivity contribution in [3.8, 4) is 0 Å². The summed E-state index contributed by atoms with van der Waals surface area (Å²) in [6.45, 7) is 2.15. The molecule has 1 saturated carbocycles. The summed E-state index contributed by atoms with van der Waals surface area (Å²) in [4.78, 5) is 16.2. The lowest BCUT2D eigenvalue weighted by Gasteiger charge is -2.26. The zero-order valence-corrected chi connectivity index (χ0v) is 12.3. The minimum atomic E-state index is -0.901. The first kappa shape index (κ1) is 14.6. The first-order valence-electron chi connectivity index (χ1n) is 6.26. The van der Waals surface area contributed by atoms with E-state index in [4.69, 9.17) is 22.1 Å². The molecule has 0 amide bonds. The molecule has 1 aromatic heterocycles. The quantitative estimate of drug-likeness (QED) is 0.646. The Bertz CT molecular complexity index is 450. The first-order valence-corrected chi connectivity index (χ1v) is 7.63. The van der Waals surface area contributed by atoms with Crippen molar-refractivity contribution in [2.75, 3.05) is 12.4 Å². The Hall–Kier alpha value is -0.780. The van der Waals surface area contributed by atoms with E-state index in [2.05, 4.69) is 4.98 Å². The number of rotatable bonds is 6. The minimum Gasteiger partial charge on any atom is -0.465 e. The molecule has 0 aromatic carbocycles. The van der Waals surface area contributed by atoms with Crippen LogP contribution >= 0.6 is 23.4 Å². The maximum Gasteiger partial charge on any atom is 0.327 e. The van der Waals surface area contributed by atoms with Crippen LogP contribution in [0.3, 0.4) is 0 Å². The molecule has 6 heteroatoms. The highest BCUT2D eigenvalue weighted by atomic mass is 35.5. The molecule has 0 aliphatic heterocycles. The summed E-state index contributed by atoms with van der Waals surface area (Å²) in [5.41, 5.74) is 5.36. The standard InChI is InChI=1S/C13H17ClN2O2S/c1-2-18-12(17)13(15,9-3-4-9)8-19-11-6-5-10(14)7-16-11/h5-7,9H,2-4,8,15H2,1H3. The number of thioether (sulfide) groups is 1. The molecule has 0 radical (unpaired) electrons. The fourth-order valence-electron chi connectivity index (χ4n) is 1.85. The van der Waals surface area contributed by atoms with Crippen LogP contribution in [0.15, 0.2) is 23.4 Å². The van der Waals surface area contributed by atoms with Crippen LogP contribution in [0.1, 0.15) is 19.8 Å². The maximum atomic E-state index is 12.0. The van der Waals surface area contributed by atoms with Crippen molar-refractivity contribution in [1.82, 2.24) is 4.98 Å². The lowest BCUT2D eigenvalue weighted by atomic mass is 9.97. The van der Waals surface area contributed by atoms with E-state index in [0.29, 0.717) is 17.4 Å². The minimum absolute atomic E-state index is 0.228. The van der Waals surface area contributed by atoms with Gasteiger partial charge in [0.2, 0.25) is 0 Å². The third-order valence-electron chi connectivity index (χ3n) is 3.12. The van der Waals surface area contributed by atoms with Gasteiger partial charge >= 0.3 is 5.97 Å². The SMILES string of the molecule is CCOC(=O)C(N)(CSc1ccc(Cl)cn1)C1CC1. The summed E-state index contributed by atoms with van der Waals surface area (Å²) in [6.07, 6.45) is 3.57. The number of ether oxygens (including phenoxy) is 1. The smallest absolute Gasteiger partial charge is 0.327 e. The van der Waals surface area contributed by atoms with Gasteiger partial charge in [0.1, 0.15) is 5.54 Å². The first-order chi connectivity index (χ1) is 9.06. The van der Waals surface area contributed by atoms with Crippen LogP contribution < -0.4 is 5.73 Å². The van der Waals surface area contributed by atoms with E-state index in [1.54, 1.807) is 19.2 Å². The van der Waals surface area contributed by atoms with E-state index in [1.165, 1.54) is 11.8 Å². The Morgan fingerprint density at radius 3 is 2.89 bits per heavy atom. The van der Waals surface area contributed by atoms with E-state index in [1.807, 2.05) is 6.07 Å². The van der Waals surface area contributed by atoms with Crippen molar-refractivity contribution in [2.45, 2.75) is 30.3 Å². The average molecular weight is 301 g/mol. The van der Waals surface area contributed by atoms with Gasteiger partial charge in [-0.1, -0.05) is 11.6 Å². The van der Waals surface area contributed by atoms with Crippen molar-refractivity contribution in [2.24, 2.45) is 11.7 Å². The zero-order chi connectivity index (χ0) is 13.9. The van der Waals surface area contributed by atoms with Gasteiger partial charge in [-0.3, -0.25) is 4.79 Å². The Labute approximate surface area is 122 Å². The molecule has 0 bridgehead atoms. The Balaban J connectivity index is 2.01. The lowest BCUT2D eigenvalue weighted by Crippen LogP contribution is -2.53. The fraction of sp³-hybridized carbons (Fsp3) is 0.538. The van der Waals surface area contributed by atoms with E-state index in [-0.39, 0.29) is 11.9 Å². The lowest BCUT2D eigenvalue weighted by molar-refractivity contribution is -0.149. The predicted molar refractivity (Wildman–Crippen MR) is 76.2 cm³/mol. The molecule has 1 aliphatic rings. The molecule has 1 unspecified atom stereocenters. The summed E-state index contributed by atoms with van der Waals surface area (Å²) < 4.78 is 5.10. The monoisotopic (exact) mass is 300 g/mol. The molecule has 1 fully saturated rings. The Morgan fingerprint density at radius 2 is 2.37 bits per heavy atom. The summed E-state index contributed by atoms with van der Waals surface area (Å²) >= 11 is 7.25. The van der Waals surface area contributed by atoms with Gasteiger partial charge in [-0.05, 0) is 37.8 Å². The van der Waals surface area contributed by atoms with Gasteiger partial charge in [0.15, 0.2) is 0 Å². The number of hydrogen-bond donors (Lipinski definition) is 1. The fourth-order valence-corrected chi connectivity index (χ4v) is 2.99. The highest BCUT2D eigenvalue weighted by molar-refractivity contribution is 7.99. The number of nitrogens with zero attached hydrogens (tertiary/aromatic N) is 1. The van der Waals surface area contributed by atoms with Crippen molar-refractivity contribution in [1.29, 1.82) is 0 Å². The highest BCUT2D eigenvalue weighted by Gasteiger charge is 2.49. The van der Waals surface area contributed by atoms with E-state index < -0.39 is 5.54 Å². The van der Waals surface area contributed by atoms with Crippen molar-refractivity contribution in [3.63, 3.8) is 0 Å². The summed E-state index contributed by atoms with van der Waals surface area (Å²) in [5.74, 6) is 0.399. The van der Waals surface area contributed by atoms with Gasteiger partial charge in [0.05, 0.1) is 16.7 Å². The van der Waals surface area contributed by atoms with Gasteiger partial charge in [-0.25, -0.2) is 4.98 Å². The van der Waals surface area contributed by atoms with Crippen LogP contribution in [0.5, 0.6) is 0 Å². The Kier molecular flexibility index (Phi) is 4.71. The number of pyridine rings is 1. The van der Waals surface area contributed by atoms with Gasteiger partial charge in [0.25, 0.3) is 0 Å². The van der Waals surface area contributed by atoms with Crippen LogP contribution in [0.25, 0.3) is 0 Å². The summed E-state index contributed by atoms with van der Waals surface area (Å²) in [7, 11) is 0. The molecule has 0 spiro atoms. The Morgan fingerprint density at radius 1 is 1.63 bits per heavy atom. The van der Waals surface area contributed by atoms with Crippen LogP contribution in [-0.4, -0.2) is 28.9 Å². The third kappa shape index (κ3) is 3.61. The second-order valence-electron chi connectivity index (χ2n) is 4.64. The maximum absolute atomic E-state index is 12.0. The van der Waals surface area contributed by atoms with Gasteiger partial charge < -0.3 is 10.5 Å². The molecule has 1 aliphatic carbocycles. The van der Waals surface area contributed by atoms with Crippen LogP contribution in [0, 0.1) is 5.92 Å². The van der Waals surface area contributed by atoms with Crippen LogP contribution in [-0.2, 0) is 9.53 Å². The van der Waals surface area contributed by atoms with Gasteiger partial charge in [-0.2, -0.15) is 0 Å². The third-order valence-corrected chi connectivity index (χ3v) is 4.50. The molecule has 104 valence electrons. The molecule has 0 saturated heterocycles. The molecule has 4 nitrogen and oxygen atoms in total. The zero-order valence-electron chi connectivity index (χ0n) is 10.8. The molecule has 2 rings (SSSR count). The number of halogens is 1. The van der Waals surface area contributed by atoms with E-state index in [9.17, 15) is 4.79 Å².